The lowest BCUT2D eigenvalue weighted by Gasteiger charge is -2.13. The molecule has 0 fully saturated rings. The van der Waals surface area contributed by atoms with Gasteiger partial charge in [0.15, 0.2) is 0 Å². The molecule has 0 bridgehead atoms. The van der Waals surface area contributed by atoms with Gasteiger partial charge in [-0.25, -0.2) is 9.97 Å². The van der Waals surface area contributed by atoms with Crippen molar-refractivity contribution in [1.82, 2.24) is 20.3 Å². The fraction of sp³-hybridized carbons (Fsp3) is 0.143. The standard InChI is InChI=1S/C21H17BrN4O/c1-13(14-5-3-2-4-6-14)26-21(27)20-24-10-15(11-25-20)17-7-8-19-18(17)9-16(22)12-23-19/h2-7,9-13H,8H2,1H3,(H,26,27)/t13-/m1/s1. The van der Waals surface area contributed by atoms with Crippen molar-refractivity contribution in [3.8, 4) is 0 Å². The van der Waals surface area contributed by atoms with E-state index in [4.69, 9.17) is 0 Å². The Morgan fingerprint density at radius 1 is 1.11 bits per heavy atom. The molecule has 6 heteroatoms. The molecule has 0 aliphatic heterocycles. The van der Waals surface area contributed by atoms with Crippen molar-refractivity contribution in [1.29, 1.82) is 0 Å². The minimum atomic E-state index is -0.289. The predicted molar refractivity (Wildman–Crippen MR) is 107 cm³/mol. The molecule has 4 rings (SSSR count). The van der Waals surface area contributed by atoms with Crippen LogP contribution < -0.4 is 5.32 Å². The Hall–Kier alpha value is -2.86. The van der Waals surface area contributed by atoms with Gasteiger partial charge in [-0.05, 0) is 40.1 Å². The first-order chi connectivity index (χ1) is 13.1. The quantitative estimate of drug-likeness (QED) is 0.689. The van der Waals surface area contributed by atoms with Gasteiger partial charge in [0.25, 0.3) is 5.91 Å². The second kappa shape index (κ2) is 7.40. The number of rotatable bonds is 4. The summed E-state index contributed by atoms with van der Waals surface area (Å²) in [6, 6.07) is 11.7. The lowest BCUT2D eigenvalue weighted by Crippen LogP contribution is -2.28. The summed E-state index contributed by atoms with van der Waals surface area (Å²) >= 11 is 3.46. The summed E-state index contributed by atoms with van der Waals surface area (Å²) in [5.74, 6) is -0.129. The highest BCUT2D eigenvalue weighted by Crippen LogP contribution is 2.32. The number of carbonyl (C=O) groups is 1. The second-order valence-electron chi connectivity index (χ2n) is 6.37. The molecule has 2 heterocycles. The molecule has 3 aromatic rings. The van der Waals surface area contributed by atoms with Crippen LogP contribution in [-0.2, 0) is 6.42 Å². The van der Waals surface area contributed by atoms with E-state index in [-0.39, 0.29) is 17.8 Å². The number of carbonyl (C=O) groups excluding carboxylic acids is 1. The Kier molecular flexibility index (Phi) is 4.81. The van der Waals surface area contributed by atoms with Gasteiger partial charge in [0, 0.05) is 40.6 Å². The van der Waals surface area contributed by atoms with Gasteiger partial charge in [0.2, 0.25) is 5.82 Å². The zero-order valence-electron chi connectivity index (χ0n) is 14.7. The molecule has 0 unspecified atom stereocenters. The number of amides is 1. The van der Waals surface area contributed by atoms with E-state index in [1.165, 1.54) is 0 Å². The third-order valence-electron chi connectivity index (χ3n) is 4.54. The normalized spacial score (nSPS) is 13.6. The van der Waals surface area contributed by atoms with E-state index in [1.54, 1.807) is 18.6 Å². The molecule has 0 spiro atoms. The fourth-order valence-corrected chi connectivity index (χ4v) is 3.45. The maximum Gasteiger partial charge on any atom is 0.289 e. The van der Waals surface area contributed by atoms with Crippen LogP contribution in [0.15, 0.2) is 65.5 Å². The lowest BCUT2D eigenvalue weighted by molar-refractivity contribution is 0.0929. The number of halogens is 1. The molecule has 5 nitrogen and oxygen atoms in total. The van der Waals surface area contributed by atoms with Crippen molar-refractivity contribution < 1.29 is 4.79 Å². The molecule has 0 saturated carbocycles. The molecule has 134 valence electrons. The van der Waals surface area contributed by atoms with Gasteiger partial charge in [-0.15, -0.1) is 0 Å². The molecular formula is C21H17BrN4O. The van der Waals surface area contributed by atoms with Gasteiger partial charge < -0.3 is 5.32 Å². The number of nitrogens with one attached hydrogen (secondary N) is 1. The van der Waals surface area contributed by atoms with E-state index < -0.39 is 0 Å². The average molecular weight is 421 g/mol. The van der Waals surface area contributed by atoms with Crippen molar-refractivity contribution in [2.24, 2.45) is 0 Å². The zero-order valence-corrected chi connectivity index (χ0v) is 16.3. The Morgan fingerprint density at radius 2 is 1.85 bits per heavy atom. The number of pyridine rings is 1. The van der Waals surface area contributed by atoms with E-state index in [0.717, 1.165) is 38.9 Å². The molecule has 1 aliphatic carbocycles. The molecule has 1 atom stereocenters. The average Bonchev–Trinajstić information content (AvgIpc) is 3.11. The number of benzene rings is 1. The van der Waals surface area contributed by atoms with E-state index in [9.17, 15) is 4.79 Å². The number of fused-ring (bicyclic) bond motifs is 1. The Labute approximate surface area is 165 Å². The van der Waals surface area contributed by atoms with E-state index >= 15 is 0 Å². The van der Waals surface area contributed by atoms with Gasteiger partial charge >= 0.3 is 0 Å². The molecule has 0 radical (unpaired) electrons. The van der Waals surface area contributed by atoms with Crippen LogP contribution >= 0.6 is 15.9 Å². The summed E-state index contributed by atoms with van der Waals surface area (Å²) in [6.45, 7) is 1.94. The third kappa shape index (κ3) is 3.66. The number of allylic oxidation sites excluding steroid dienone is 1. The van der Waals surface area contributed by atoms with Gasteiger partial charge in [-0.3, -0.25) is 9.78 Å². The van der Waals surface area contributed by atoms with Gasteiger partial charge in [-0.2, -0.15) is 0 Å². The number of hydrogen-bond donors (Lipinski definition) is 1. The molecule has 1 aliphatic rings. The van der Waals surface area contributed by atoms with Crippen LogP contribution in [0.1, 0.15) is 46.0 Å². The van der Waals surface area contributed by atoms with Crippen molar-refractivity contribution in [2.45, 2.75) is 19.4 Å². The van der Waals surface area contributed by atoms with E-state index in [2.05, 4.69) is 42.3 Å². The third-order valence-corrected chi connectivity index (χ3v) is 4.97. The molecule has 1 aromatic carbocycles. The molecule has 1 amide bonds. The van der Waals surface area contributed by atoms with Crippen molar-refractivity contribution in [2.75, 3.05) is 0 Å². The van der Waals surface area contributed by atoms with Crippen LogP contribution in [0, 0.1) is 0 Å². The van der Waals surface area contributed by atoms with Gasteiger partial charge in [0.1, 0.15) is 0 Å². The summed E-state index contributed by atoms with van der Waals surface area (Å²) < 4.78 is 0.931. The fourth-order valence-electron chi connectivity index (χ4n) is 3.12. The van der Waals surface area contributed by atoms with Gasteiger partial charge in [0.05, 0.1) is 11.7 Å². The molecule has 1 N–H and O–H groups in total. The molecule has 27 heavy (non-hydrogen) atoms. The number of aromatic nitrogens is 3. The Balaban J connectivity index is 1.50. The maximum absolute atomic E-state index is 12.4. The first kappa shape index (κ1) is 17.5. The second-order valence-corrected chi connectivity index (χ2v) is 7.29. The Bertz CT molecular complexity index is 1020. The first-order valence-corrected chi connectivity index (χ1v) is 9.44. The highest BCUT2D eigenvalue weighted by Gasteiger charge is 2.19. The van der Waals surface area contributed by atoms with Crippen LogP contribution in [0.25, 0.3) is 5.57 Å². The van der Waals surface area contributed by atoms with Crippen LogP contribution in [0.5, 0.6) is 0 Å². The van der Waals surface area contributed by atoms with Crippen molar-refractivity contribution in [3.05, 3.63) is 93.7 Å². The summed E-state index contributed by atoms with van der Waals surface area (Å²) in [5, 5.41) is 2.93. The highest BCUT2D eigenvalue weighted by molar-refractivity contribution is 9.10. The van der Waals surface area contributed by atoms with Crippen molar-refractivity contribution in [3.63, 3.8) is 0 Å². The molecular weight excluding hydrogens is 404 g/mol. The number of nitrogens with zero attached hydrogens (tertiary/aromatic N) is 3. The topological polar surface area (TPSA) is 67.8 Å². The largest absolute Gasteiger partial charge is 0.343 e. The van der Waals surface area contributed by atoms with Crippen LogP contribution in [-0.4, -0.2) is 20.9 Å². The molecule has 2 aromatic heterocycles. The maximum atomic E-state index is 12.4. The predicted octanol–water partition coefficient (Wildman–Crippen LogP) is 4.11. The summed E-state index contributed by atoms with van der Waals surface area (Å²) in [6.07, 6.45) is 8.08. The minimum absolute atomic E-state index is 0.116. The zero-order chi connectivity index (χ0) is 18.8. The smallest absolute Gasteiger partial charge is 0.289 e. The summed E-state index contributed by atoms with van der Waals surface area (Å²) in [7, 11) is 0. The Morgan fingerprint density at radius 3 is 2.59 bits per heavy atom. The lowest BCUT2D eigenvalue weighted by atomic mass is 10.0. The monoisotopic (exact) mass is 420 g/mol. The van der Waals surface area contributed by atoms with Crippen LogP contribution in [0.3, 0.4) is 0 Å². The van der Waals surface area contributed by atoms with E-state index in [1.807, 2.05) is 43.3 Å². The van der Waals surface area contributed by atoms with Crippen LogP contribution in [0.2, 0.25) is 0 Å². The van der Waals surface area contributed by atoms with Gasteiger partial charge in [-0.1, -0.05) is 36.4 Å². The summed E-state index contributed by atoms with van der Waals surface area (Å²) in [5.41, 5.74) is 5.06. The van der Waals surface area contributed by atoms with E-state index in [0.29, 0.717) is 0 Å². The summed E-state index contributed by atoms with van der Waals surface area (Å²) in [4.78, 5) is 25.4. The van der Waals surface area contributed by atoms with Crippen molar-refractivity contribution >= 4 is 27.4 Å². The SMILES string of the molecule is C[C@@H](NC(=O)c1ncc(C2=CCc3ncc(Br)cc32)cn1)c1ccccc1. The number of hydrogen-bond acceptors (Lipinski definition) is 4. The molecule has 0 saturated heterocycles. The minimum Gasteiger partial charge on any atom is -0.343 e. The van der Waals surface area contributed by atoms with Crippen LogP contribution in [0.4, 0.5) is 0 Å². The first-order valence-electron chi connectivity index (χ1n) is 8.65. The highest BCUT2D eigenvalue weighted by atomic mass is 79.9.